The van der Waals surface area contributed by atoms with Gasteiger partial charge in [0.15, 0.2) is 0 Å². The van der Waals surface area contributed by atoms with Gasteiger partial charge in [0.25, 0.3) is 0 Å². The van der Waals surface area contributed by atoms with Gasteiger partial charge in [-0.25, -0.2) is 0 Å². The minimum absolute atomic E-state index is 0.0544. The molecule has 3 heterocycles. The molecule has 0 radical (unpaired) electrons. The van der Waals surface area contributed by atoms with E-state index in [0.717, 1.165) is 51.4 Å². The summed E-state index contributed by atoms with van der Waals surface area (Å²) in [6.07, 6.45) is 1.37. The van der Waals surface area contributed by atoms with Gasteiger partial charge in [-0.3, -0.25) is 14.5 Å². The topological polar surface area (TPSA) is 55.9 Å². The number of amides is 2. The van der Waals surface area contributed by atoms with Gasteiger partial charge in [0, 0.05) is 74.9 Å². The van der Waals surface area contributed by atoms with Crippen LogP contribution in [0.5, 0.6) is 0 Å². The molecule has 1 saturated heterocycles. The minimum atomic E-state index is -0.117. The molecule has 0 aliphatic carbocycles. The lowest BCUT2D eigenvalue weighted by Gasteiger charge is -2.36. The number of anilines is 2. The number of hydrogen-bond acceptors (Lipinski definition) is 5. The van der Waals surface area contributed by atoms with Crippen LogP contribution in [-0.2, 0) is 29.1 Å². The third-order valence-electron chi connectivity index (χ3n) is 6.86. The number of benzene rings is 2. The van der Waals surface area contributed by atoms with Gasteiger partial charge < -0.3 is 15.1 Å². The second-order valence-corrected chi connectivity index (χ2v) is 10.3. The van der Waals surface area contributed by atoms with Gasteiger partial charge >= 0.3 is 0 Å². The largest absolute Gasteiger partial charge is 0.369 e. The van der Waals surface area contributed by atoms with Crippen LogP contribution in [0.1, 0.15) is 28.8 Å². The molecule has 2 aliphatic rings. The van der Waals surface area contributed by atoms with E-state index in [1.54, 1.807) is 11.3 Å². The third kappa shape index (κ3) is 6.10. The maximum absolute atomic E-state index is 12.6. The number of rotatable bonds is 7. The molecule has 5 rings (SSSR count). The molecule has 1 aromatic heterocycles. The zero-order chi connectivity index (χ0) is 24.0. The summed E-state index contributed by atoms with van der Waals surface area (Å²) in [6.45, 7) is 6.46. The van der Waals surface area contributed by atoms with Crippen molar-refractivity contribution in [2.75, 3.05) is 42.9 Å². The molecule has 2 aliphatic heterocycles. The molecule has 35 heavy (non-hydrogen) atoms. The SMILES string of the molecule is O=C(CCC(=O)N1CCc2sccc2C1)Nc1ccc(N2CCN(Cc3ccccc3)CC2)cc1. The summed E-state index contributed by atoms with van der Waals surface area (Å²) in [5, 5.41) is 5.03. The summed E-state index contributed by atoms with van der Waals surface area (Å²) < 4.78 is 0. The first-order valence-electron chi connectivity index (χ1n) is 12.4. The highest BCUT2D eigenvalue weighted by atomic mass is 32.1. The van der Waals surface area contributed by atoms with Gasteiger partial charge in [0.1, 0.15) is 0 Å². The summed E-state index contributed by atoms with van der Waals surface area (Å²) in [4.78, 5) is 33.1. The van der Waals surface area contributed by atoms with E-state index in [4.69, 9.17) is 0 Å². The Morgan fingerprint density at radius 2 is 1.63 bits per heavy atom. The lowest BCUT2D eigenvalue weighted by atomic mass is 10.1. The minimum Gasteiger partial charge on any atom is -0.369 e. The normalized spacial score (nSPS) is 16.1. The zero-order valence-electron chi connectivity index (χ0n) is 20.0. The van der Waals surface area contributed by atoms with E-state index < -0.39 is 0 Å². The van der Waals surface area contributed by atoms with Crippen LogP contribution in [0.3, 0.4) is 0 Å². The summed E-state index contributed by atoms with van der Waals surface area (Å²) in [7, 11) is 0. The van der Waals surface area contributed by atoms with Crippen LogP contribution in [0.4, 0.5) is 11.4 Å². The number of hydrogen-bond donors (Lipinski definition) is 1. The van der Waals surface area contributed by atoms with Crippen molar-refractivity contribution in [3.8, 4) is 0 Å². The highest BCUT2D eigenvalue weighted by Crippen LogP contribution is 2.25. The first-order chi connectivity index (χ1) is 17.1. The van der Waals surface area contributed by atoms with E-state index in [9.17, 15) is 9.59 Å². The fraction of sp³-hybridized carbons (Fsp3) is 0.357. The standard InChI is InChI=1S/C28H32N4O2S/c33-27(10-11-28(34)32-14-12-26-23(21-32)13-19-35-26)29-24-6-8-25(9-7-24)31-17-15-30(16-18-31)20-22-4-2-1-3-5-22/h1-9,13,19H,10-12,14-18,20-21H2,(H,29,33). The van der Waals surface area contributed by atoms with Crippen molar-refractivity contribution in [3.05, 3.63) is 82.0 Å². The maximum Gasteiger partial charge on any atom is 0.224 e. The number of nitrogens with zero attached hydrogens (tertiary/aromatic N) is 3. The van der Waals surface area contributed by atoms with Crippen LogP contribution in [0.15, 0.2) is 66.0 Å². The number of piperazine rings is 1. The summed E-state index contributed by atoms with van der Waals surface area (Å²) in [6, 6.07) is 20.8. The van der Waals surface area contributed by atoms with Crippen LogP contribution in [-0.4, -0.2) is 54.3 Å². The average molecular weight is 489 g/mol. The molecule has 0 spiro atoms. The first kappa shape index (κ1) is 23.6. The molecular formula is C28H32N4O2S. The van der Waals surface area contributed by atoms with Crippen LogP contribution in [0.25, 0.3) is 0 Å². The monoisotopic (exact) mass is 488 g/mol. The molecule has 0 unspecified atom stereocenters. The van der Waals surface area contributed by atoms with Crippen molar-refractivity contribution in [2.45, 2.75) is 32.4 Å². The Morgan fingerprint density at radius 1 is 0.857 bits per heavy atom. The number of carbonyl (C=O) groups is 2. The van der Waals surface area contributed by atoms with Crippen molar-refractivity contribution < 1.29 is 9.59 Å². The molecule has 7 heteroatoms. The molecule has 0 saturated carbocycles. The Kier molecular flexibility index (Phi) is 7.45. The summed E-state index contributed by atoms with van der Waals surface area (Å²) in [5.74, 6) is -0.0624. The second-order valence-electron chi connectivity index (χ2n) is 9.28. The molecule has 1 N–H and O–H groups in total. The average Bonchev–Trinajstić information content (AvgIpc) is 3.37. The third-order valence-corrected chi connectivity index (χ3v) is 7.89. The van der Waals surface area contributed by atoms with Gasteiger partial charge in [-0.2, -0.15) is 0 Å². The fourth-order valence-electron chi connectivity index (χ4n) is 4.82. The summed E-state index contributed by atoms with van der Waals surface area (Å²) >= 11 is 1.76. The molecule has 0 bridgehead atoms. The quantitative estimate of drug-likeness (QED) is 0.537. The van der Waals surface area contributed by atoms with E-state index in [1.807, 2.05) is 17.0 Å². The second kappa shape index (κ2) is 11.1. The Labute approximate surface area is 211 Å². The van der Waals surface area contributed by atoms with E-state index in [2.05, 4.69) is 69.0 Å². The van der Waals surface area contributed by atoms with Crippen LogP contribution in [0, 0.1) is 0 Å². The molecule has 2 amide bonds. The summed E-state index contributed by atoms with van der Waals surface area (Å²) in [5.41, 5.74) is 4.55. The Morgan fingerprint density at radius 3 is 2.40 bits per heavy atom. The van der Waals surface area contributed by atoms with Crippen molar-refractivity contribution in [2.24, 2.45) is 0 Å². The van der Waals surface area contributed by atoms with Crippen LogP contribution < -0.4 is 10.2 Å². The van der Waals surface area contributed by atoms with Gasteiger partial charge in [0.05, 0.1) is 0 Å². The fourth-order valence-corrected chi connectivity index (χ4v) is 5.71. The lowest BCUT2D eigenvalue weighted by molar-refractivity contribution is -0.133. The van der Waals surface area contributed by atoms with Crippen molar-refractivity contribution >= 4 is 34.5 Å². The highest BCUT2D eigenvalue weighted by Gasteiger charge is 2.22. The number of thiophene rings is 1. The van der Waals surface area contributed by atoms with E-state index in [1.165, 1.54) is 21.7 Å². The Balaban J connectivity index is 1.05. The van der Waals surface area contributed by atoms with Crippen LogP contribution >= 0.6 is 11.3 Å². The van der Waals surface area contributed by atoms with E-state index >= 15 is 0 Å². The van der Waals surface area contributed by atoms with Crippen LogP contribution in [0.2, 0.25) is 0 Å². The predicted octanol–water partition coefficient (Wildman–Crippen LogP) is 4.37. The number of nitrogens with one attached hydrogen (secondary N) is 1. The molecule has 182 valence electrons. The van der Waals surface area contributed by atoms with Gasteiger partial charge in [-0.15, -0.1) is 11.3 Å². The van der Waals surface area contributed by atoms with Crippen molar-refractivity contribution in [3.63, 3.8) is 0 Å². The van der Waals surface area contributed by atoms with Crippen molar-refractivity contribution in [1.82, 2.24) is 9.80 Å². The van der Waals surface area contributed by atoms with Gasteiger partial charge in [-0.05, 0) is 53.3 Å². The number of fused-ring (bicyclic) bond motifs is 1. The van der Waals surface area contributed by atoms with Crippen molar-refractivity contribution in [1.29, 1.82) is 0 Å². The molecule has 1 fully saturated rings. The molecular weight excluding hydrogens is 456 g/mol. The predicted molar refractivity (Wildman–Crippen MR) is 142 cm³/mol. The molecule has 3 aromatic rings. The molecule has 0 atom stereocenters. The molecule has 6 nitrogen and oxygen atoms in total. The van der Waals surface area contributed by atoms with E-state index in [0.29, 0.717) is 6.54 Å². The van der Waals surface area contributed by atoms with Gasteiger partial charge in [0.2, 0.25) is 11.8 Å². The van der Waals surface area contributed by atoms with Gasteiger partial charge in [-0.1, -0.05) is 30.3 Å². The number of carbonyl (C=O) groups excluding carboxylic acids is 2. The Hall–Kier alpha value is -3.16. The smallest absolute Gasteiger partial charge is 0.224 e. The first-order valence-corrected chi connectivity index (χ1v) is 13.3. The maximum atomic E-state index is 12.6. The molecule has 2 aromatic carbocycles. The zero-order valence-corrected chi connectivity index (χ0v) is 20.8. The lowest BCUT2D eigenvalue weighted by Crippen LogP contribution is -2.45. The van der Waals surface area contributed by atoms with E-state index in [-0.39, 0.29) is 24.7 Å². The highest BCUT2D eigenvalue weighted by molar-refractivity contribution is 7.10. The Bertz CT molecular complexity index is 1140.